The smallest absolute Gasteiger partial charge is 0.262 e. The van der Waals surface area contributed by atoms with Crippen molar-refractivity contribution < 1.29 is 14.3 Å². The number of rotatable bonds is 1. The van der Waals surface area contributed by atoms with Crippen LogP contribution < -0.4 is 0 Å². The third kappa shape index (κ3) is 1.07. The van der Waals surface area contributed by atoms with Crippen molar-refractivity contribution in [3.63, 3.8) is 0 Å². The van der Waals surface area contributed by atoms with Crippen LogP contribution in [-0.2, 0) is 14.3 Å². The van der Waals surface area contributed by atoms with Crippen molar-refractivity contribution in [3.8, 4) is 0 Å². The van der Waals surface area contributed by atoms with Crippen molar-refractivity contribution in [1.29, 1.82) is 0 Å². The summed E-state index contributed by atoms with van der Waals surface area (Å²) in [5.74, 6) is -1.13. The fraction of sp³-hybridized carbons (Fsp3) is 0.308. The molecule has 3 rings (SSSR count). The van der Waals surface area contributed by atoms with Gasteiger partial charge in [0.25, 0.3) is 5.79 Å². The summed E-state index contributed by atoms with van der Waals surface area (Å²) in [6.45, 7) is 2.78. The third-order valence-electron chi connectivity index (χ3n) is 3.10. The predicted molar refractivity (Wildman–Crippen MR) is 58.7 cm³/mol. The van der Waals surface area contributed by atoms with E-state index in [1.807, 2.05) is 37.3 Å². The summed E-state index contributed by atoms with van der Waals surface area (Å²) in [4.78, 5) is 11.9. The van der Waals surface area contributed by atoms with Gasteiger partial charge >= 0.3 is 0 Å². The van der Waals surface area contributed by atoms with Gasteiger partial charge in [0.05, 0.1) is 13.2 Å². The SMILES string of the molecule is CC1=C(c2ccccc2)C2(OCCO2)C1=O. The van der Waals surface area contributed by atoms with E-state index in [1.54, 1.807) is 0 Å². The number of hydrogen-bond acceptors (Lipinski definition) is 3. The monoisotopic (exact) mass is 216 g/mol. The Morgan fingerprint density at radius 2 is 1.75 bits per heavy atom. The molecule has 0 amide bonds. The highest BCUT2D eigenvalue weighted by Crippen LogP contribution is 2.47. The zero-order valence-corrected chi connectivity index (χ0v) is 9.03. The van der Waals surface area contributed by atoms with Crippen molar-refractivity contribution in [3.05, 3.63) is 41.5 Å². The lowest BCUT2D eigenvalue weighted by Crippen LogP contribution is -2.50. The van der Waals surface area contributed by atoms with E-state index in [0.29, 0.717) is 13.2 Å². The van der Waals surface area contributed by atoms with Gasteiger partial charge in [-0.1, -0.05) is 30.3 Å². The summed E-state index contributed by atoms with van der Waals surface area (Å²) in [5.41, 5.74) is 2.63. The van der Waals surface area contributed by atoms with Crippen LogP contribution in [0.1, 0.15) is 12.5 Å². The topological polar surface area (TPSA) is 35.5 Å². The normalized spacial score (nSPS) is 22.7. The van der Waals surface area contributed by atoms with Gasteiger partial charge in [-0.3, -0.25) is 4.79 Å². The van der Waals surface area contributed by atoms with Gasteiger partial charge in [0.2, 0.25) is 5.78 Å². The van der Waals surface area contributed by atoms with Gasteiger partial charge < -0.3 is 9.47 Å². The first-order chi connectivity index (χ1) is 7.76. The van der Waals surface area contributed by atoms with Crippen LogP contribution in [0.4, 0.5) is 0 Å². The van der Waals surface area contributed by atoms with Crippen molar-refractivity contribution in [1.82, 2.24) is 0 Å². The molecule has 1 spiro atoms. The Labute approximate surface area is 93.7 Å². The molecule has 1 fully saturated rings. The predicted octanol–water partition coefficient (Wildman–Crippen LogP) is 1.79. The molecule has 1 heterocycles. The van der Waals surface area contributed by atoms with E-state index in [1.165, 1.54) is 0 Å². The molecule has 1 aromatic carbocycles. The van der Waals surface area contributed by atoms with E-state index in [2.05, 4.69) is 0 Å². The molecule has 0 bridgehead atoms. The standard InChI is InChI=1S/C13H12O3/c1-9-11(10-5-3-2-4-6-10)13(12(9)14)15-7-8-16-13/h2-6H,7-8H2,1H3. The average Bonchev–Trinajstić information content (AvgIpc) is 2.82. The Bertz CT molecular complexity index is 467. The Balaban J connectivity index is 2.10. The fourth-order valence-corrected chi connectivity index (χ4v) is 2.36. The van der Waals surface area contributed by atoms with Gasteiger partial charge in [-0.25, -0.2) is 0 Å². The zero-order chi connectivity index (χ0) is 11.2. The van der Waals surface area contributed by atoms with E-state index < -0.39 is 5.79 Å². The van der Waals surface area contributed by atoms with E-state index in [-0.39, 0.29) is 5.78 Å². The van der Waals surface area contributed by atoms with Crippen LogP contribution in [0.5, 0.6) is 0 Å². The first-order valence-corrected chi connectivity index (χ1v) is 5.35. The Morgan fingerprint density at radius 3 is 2.38 bits per heavy atom. The number of ketones is 1. The lowest BCUT2D eigenvalue weighted by molar-refractivity contribution is -0.162. The quantitative estimate of drug-likeness (QED) is 0.718. The lowest BCUT2D eigenvalue weighted by atomic mass is 9.77. The molecular formula is C13H12O3. The summed E-state index contributed by atoms with van der Waals surface area (Å²) >= 11 is 0. The maximum Gasteiger partial charge on any atom is 0.262 e. The first-order valence-electron chi connectivity index (χ1n) is 5.35. The summed E-state index contributed by atoms with van der Waals surface area (Å²) in [7, 11) is 0. The first kappa shape index (κ1) is 9.75. The van der Waals surface area contributed by atoms with Gasteiger partial charge in [-0.05, 0) is 12.5 Å². The second-order valence-corrected chi connectivity index (χ2v) is 4.01. The Morgan fingerprint density at radius 1 is 1.12 bits per heavy atom. The van der Waals surface area contributed by atoms with Crippen molar-refractivity contribution in [2.75, 3.05) is 13.2 Å². The molecule has 0 radical (unpaired) electrons. The Hall–Kier alpha value is -1.45. The molecule has 0 saturated carbocycles. The molecule has 1 aromatic rings. The number of Topliss-reactive ketones (excluding diaryl/α,β-unsaturated/α-hetero) is 1. The highest BCUT2D eigenvalue weighted by Gasteiger charge is 2.57. The number of carbonyl (C=O) groups excluding carboxylic acids is 1. The van der Waals surface area contributed by atoms with Crippen LogP contribution in [0.3, 0.4) is 0 Å². The van der Waals surface area contributed by atoms with Crippen molar-refractivity contribution in [2.24, 2.45) is 0 Å². The number of benzene rings is 1. The number of carbonyl (C=O) groups is 1. The maximum atomic E-state index is 11.9. The highest BCUT2D eigenvalue weighted by molar-refractivity contribution is 6.23. The molecule has 0 unspecified atom stereocenters. The van der Waals surface area contributed by atoms with Crippen LogP contribution in [-0.4, -0.2) is 24.8 Å². The zero-order valence-electron chi connectivity index (χ0n) is 9.03. The molecule has 0 N–H and O–H groups in total. The van der Waals surface area contributed by atoms with Crippen molar-refractivity contribution >= 4 is 11.4 Å². The van der Waals surface area contributed by atoms with Crippen LogP contribution >= 0.6 is 0 Å². The Kier molecular flexibility index (Phi) is 1.99. The van der Waals surface area contributed by atoms with E-state index in [0.717, 1.165) is 16.7 Å². The van der Waals surface area contributed by atoms with Gasteiger partial charge in [0, 0.05) is 11.1 Å². The molecule has 3 nitrogen and oxygen atoms in total. The minimum atomic E-state index is -1.09. The van der Waals surface area contributed by atoms with Gasteiger partial charge in [-0.2, -0.15) is 0 Å². The summed E-state index contributed by atoms with van der Waals surface area (Å²) in [6, 6.07) is 9.78. The van der Waals surface area contributed by atoms with Crippen LogP contribution in [0.15, 0.2) is 35.9 Å². The summed E-state index contributed by atoms with van der Waals surface area (Å²) < 4.78 is 11.0. The van der Waals surface area contributed by atoms with Crippen molar-refractivity contribution in [2.45, 2.75) is 12.7 Å². The van der Waals surface area contributed by atoms with E-state index in [4.69, 9.17) is 9.47 Å². The number of hydrogen-bond donors (Lipinski definition) is 0. The van der Waals surface area contributed by atoms with Gasteiger partial charge in [-0.15, -0.1) is 0 Å². The molecule has 0 atom stereocenters. The van der Waals surface area contributed by atoms with Crippen LogP contribution in [0, 0.1) is 0 Å². The molecule has 1 saturated heterocycles. The molecule has 16 heavy (non-hydrogen) atoms. The lowest BCUT2D eigenvalue weighted by Gasteiger charge is -2.38. The second kappa shape index (κ2) is 3.27. The third-order valence-corrected chi connectivity index (χ3v) is 3.10. The van der Waals surface area contributed by atoms with E-state index in [9.17, 15) is 4.79 Å². The second-order valence-electron chi connectivity index (χ2n) is 4.01. The summed E-state index contributed by atoms with van der Waals surface area (Å²) in [6.07, 6.45) is 0. The maximum absolute atomic E-state index is 11.9. The average molecular weight is 216 g/mol. The molecular weight excluding hydrogens is 204 g/mol. The van der Waals surface area contributed by atoms with Crippen LogP contribution in [0.25, 0.3) is 5.57 Å². The molecule has 0 aromatic heterocycles. The minimum Gasteiger partial charge on any atom is -0.337 e. The largest absolute Gasteiger partial charge is 0.337 e. The summed E-state index contributed by atoms with van der Waals surface area (Å²) in [5, 5.41) is 0. The van der Waals surface area contributed by atoms with E-state index >= 15 is 0 Å². The minimum absolute atomic E-state index is 0.0381. The van der Waals surface area contributed by atoms with Crippen LogP contribution in [0.2, 0.25) is 0 Å². The molecule has 1 aliphatic carbocycles. The molecule has 3 heteroatoms. The number of ether oxygens (including phenoxy) is 2. The highest BCUT2D eigenvalue weighted by atomic mass is 16.7. The molecule has 1 aliphatic heterocycles. The molecule has 82 valence electrons. The fourth-order valence-electron chi connectivity index (χ4n) is 2.36. The van der Waals surface area contributed by atoms with Gasteiger partial charge in [0.1, 0.15) is 0 Å². The van der Waals surface area contributed by atoms with Gasteiger partial charge in [0.15, 0.2) is 0 Å². The molecule has 2 aliphatic rings.